The summed E-state index contributed by atoms with van der Waals surface area (Å²) in [6, 6.07) is 1.87. The molecule has 1 aromatic heterocycles. The second-order valence-electron chi connectivity index (χ2n) is 3.86. The van der Waals surface area contributed by atoms with E-state index in [9.17, 15) is 10.2 Å². The molecule has 1 fully saturated rings. The van der Waals surface area contributed by atoms with Gasteiger partial charge >= 0.3 is 0 Å². The van der Waals surface area contributed by atoms with Gasteiger partial charge in [0.15, 0.2) is 6.23 Å². The van der Waals surface area contributed by atoms with Crippen molar-refractivity contribution >= 4 is 5.95 Å². The average Bonchev–Trinajstić information content (AvgIpc) is 2.26. The number of aliphatic hydroxyl groups is 2. The van der Waals surface area contributed by atoms with Gasteiger partial charge in [-0.25, -0.2) is 9.97 Å². The maximum absolute atomic E-state index is 9.86. The fourth-order valence-electron chi connectivity index (χ4n) is 1.89. The summed E-state index contributed by atoms with van der Waals surface area (Å²) in [7, 11) is 0. The van der Waals surface area contributed by atoms with Crippen molar-refractivity contribution in [3.8, 4) is 0 Å². The molecule has 0 saturated carbocycles. The standard InChI is InChI=1S/C10H15N3O2/c1-7-3-4-8(14)9(15)13(7)10-11-5-2-6-12-10/h2,5-9,14-15H,3-4H2,1H3. The molecule has 1 aliphatic heterocycles. The normalized spacial score (nSPS) is 31.7. The lowest BCUT2D eigenvalue weighted by Gasteiger charge is -2.40. The highest BCUT2D eigenvalue weighted by molar-refractivity contribution is 5.32. The van der Waals surface area contributed by atoms with Gasteiger partial charge < -0.3 is 15.1 Å². The van der Waals surface area contributed by atoms with Crippen LogP contribution in [0.2, 0.25) is 0 Å². The quantitative estimate of drug-likeness (QED) is 0.688. The SMILES string of the molecule is CC1CCC(O)C(O)N1c1ncccn1. The molecule has 3 atom stereocenters. The fourth-order valence-corrected chi connectivity index (χ4v) is 1.89. The van der Waals surface area contributed by atoms with E-state index in [1.807, 2.05) is 6.92 Å². The van der Waals surface area contributed by atoms with Crippen molar-refractivity contribution in [1.29, 1.82) is 0 Å². The Morgan fingerprint density at radius 2 is 1.93 bits per heavy atom. The second kappa shape index (κ2) is 4.12. The summed E-state index contributed by atoms with van der Waals surface area (Å²) in [6.45, 7) is 1.99. The minimum absolute atomic E-state index is 0.144. The van der Waals surface area contributed by atoms with Crippen LogP contribution in [0.15, 0.2) is 18.5 Å². The number of hydrogen-bond acceptors (Lipinski definition) is 5. The van der Waals surface area contributed by atoms with Gasteiger partial charge in [-0.05, 0) is 25.8 Å². The molecular weight excluding hydrogens is 194 g/mol. The highest BCUT2D eigenvalue weighted by Crippen LogP contribution is 2.25. The van der Waals surface area contributed by atoms with E-state index in [2.05, 4.69) is 9.97 Å². The summed E-state index contributed by atoms with van der Waals surface area (Å²) in [5.41, 5.74) is 0. The van der Waals surface area contributed by atoms with Crippen LogP contribution in [0.4, 0.5) is 5.95 Å². The maximum atomic E-state index is 9.86. The zero-order valence-electron chi connectivity index (χ0n) is 8.61. The van der Waals surface area contributed by atoms with Gasteiger partial charge in [-0.1, -0.05) is 0 Å². The highest BCUT2D eigenvalue weighted by atomic mass is 16.3. The third-order valence-electron chi connectivity index (χ3n) is 2.77. The van der Waals surface area contributed by atoms with E-state index >= 15 is 0 Å². The van der Waals surface area contributed by atoms with Gasteiger partial charge in [-0.2, -0.15) is 0 Å². The van der Waals surface area contributed by atoms with Gasteiger partial charge in [0.25, 0.3) is 0 Å². The fraction of sp³-hybridized carbons (Fsp3) is 0.600. The van der Waals surface area contributed by atoms with E-state index in [-0.39, 0.29) is 6.04 Å². The molecule has 1 aliphatic rings. The first-order valence-electron chi connectivity index (χ1n) is 5.11. The van der Waals surface area contributed by atoms with Crippen LogP contribution in [-0.4, -0.2) is 38.6 Å². The van der Waals surface area contributed by atoms with E-state index in [0.29, 0.717) is 12.4 Å². The van der Waals surface area contributed by atoms with Crippen molar-refractivity contribution in [2.75, 3.05) is 4.90 Å². The first-order valence-corrected chi connectivity index (χ1v) is 5.11. The summed E-state index contributed by atoms with van der Waals surface area (Å²) in [4.78, 5) is 9.82. The zero-order valence-corrected chi connectivity index (χ0v) is 8.61. The molecule has 3 unspecified atom stereocenters. The van der Waals surface area contributed by atoms with Crippen LogP contribution in [0.1, 0.15) is 19.8 Å². The number of anilines is 1. The van der Waals surface area contributed by atoms with Crippen LogP contribution in [0.3, 0.4) is 0 Å². The minimum atomic E-state index is -0.906. The van der Waals surface area contributed by atoms with Crippen molar-refractivity contribution in [1.82, 2.24) is 9.97 Å². The molecule has 5 heteroatoms. The largest absolute Gasteiger partial charge is 0.388 e. The molecule has 0 amide bonds. The molecular formula is C10H15N3O2. The molecule has 2 rings (SSSR count). The Morgan fingerprint density at radius 1 is 1.27 bits per heavy atom. The number of rotatable bonds is 1. The summed E-state index contributed by atoms with van der Waals surface area (Å²) in [6.07, 6.45) is 3.08. The third kappa shape index (κ3) is 1.93. The molecule has 0 bridgehead atoms. The number of aliphatic hydroxyl groups excluding tert-OH is 2. The molecule has 2 heterocycles. The first kappa shape index (κ1) is 10.3. The molecule has 0 aromatic carbocycles. The van der Waals surface area contributed by atoms with E-state index < -0.39 is 12.3 Å². The van der Waals surface area contributed by atoms with Crippen LogP contribution in [-0.2, 0) is 0 Å². The topological polar surface area (TPSA) is 69.5 Å². The van der Waals surface area contributed by atoms with E-state index in [1.165, 1.54) is 0 Å². The number of aromatic nitrogens is 2. The molecule has 2 N–H and O–H groups in total. The Labute approximate surface area is 88.4 Å². The Morgan fingerprint density at radius 3 is 2.60 bits per heavy atom. The number of hydrogen-bond donors (Lipinski definition) is 2. The van der Waals surface area contributed by atoms with Crippen LogP contribution in [0, 0.1) is 0 Å². The summed E-state index contributed by atoms with van der Waals surface area (Å²) in [5, 5.41) is 19.4. The molecule has 15 heavy (non-hydrogen) atoms. The van der Waals surface area contributed by atoms with E-state index in [4.69, 9.17) is 0 Å². The van der Waals surface area contributed by atoms with Gasteiger partial charge in [0.2, 0.25) is 5.95 Å². The predicted octanol–water partition coefficient (Wildman–Crippen LogP) is 0.145. The van der Waals surface area contributed by atoms with E-state index in [1.54, 1.807) is 23.4 Å². The monoisotopic (exact) mass is 209 g/mol. The lowest BCUT2D eigenvalue weighted by atomic mass is 10.0. The van der Waals surface area contributed by atoms with Crippen molar-refractivity contribution in [3.05, 3.63) is 18.5 Å². The lowest BCUT2D eigenvalue weighted by molar-refractivity contribution is -0.0116. The molecule has 1 saturated heterocycles. The van der Waals surface area contributed by atoms with Crippen molar-refractivity contribution < 1.29 is 10.2 Å². The van der Waals surface area contributed by atoms with Gasteiger partial charge in [0, 0.05) is 18.4 Å². The molecule has 0 aliphatic carbocycles. The molecule has 5 nitrogen and oxygen atoms in total. The number of nitrogens with zero attached hydrogens (tertiary/aromatic N) is 3. The van der Waals surface area contributed by atoms with Crippen LogP contribution < -0.4 is 4.90 Å². The molecule has 0 radical (unpaired) electrons. The predicted molar refractivity (Wildman–Crippen MR) is 55.2 cm³/mol. The summed E-state index contributed by atoms with van der Waals surface area (Å²) >= 11 is 0. The van der Waals surface area contributed by atoms with Gasteiger partial charge in [0.05, 0.1) is 6.10 Å². The molecule has 1 aromatic rings. The first-order chi connectivity index (χ1) is 7.20. The molecule has 0 spiro atoms. The Bertz CT molecular complexity index is 320. The van der Waals surface area contributed by atoms with Crippen molar-refractivity contribution in [2.24, 2.45) is 0 Å². The smallest absolute Gasteiger partial charge is 0.227 e. The zero-order chi connectivity index (χ0) is 10.8. The van der Waals surface area contributed by atoms with E-state index in [0.717, 1.165) is 6.42 Å². The van der Waals surface area contributed by atoms with Crippen molar-refractivity contribution in [3.63, 3.8) is 0 Å². The van der Waals surface area contributed by atoms with Crippen LogP contribution >= 0.6 is 0 Å². The lowest BCUT2D eigenvalue weighted by Crippen LogP contribution is -2.53. The Hall–Kier alpha value is -1.20. The Balaban J connectivity index is 2.25. The average molecular weight is 209 g/mol. The van der Waals surface area contributed by atoms with Crippen LogP contribution in [0.5, 0.6) is 0 Å². The minimum Gasteiger partial charge on any atom is -0.388 e. The highest BCUT2D eigenvalue weighted by Gasteiger charge is 2.34. The van der Waals surface area contributed by atoms with Crippen LogP contribution in [0.25, 0.3) is 0 Å². The summed E-state index contributed by atoms with van der Waals surface area (Å²) in [5.74, 6) is 0.469. The maximum Gasteiger partial charge on any atom is 0.227 e. The van der Waals surface area contributed by atoms with Gasteiger partial charge in [-0.3, -0.25) is 0 Å². The Kier molecular flexibility index (Phi) is 2.83. The van der Waals surface area contributed by atoms with Crippen molar-refractivity contribution in [2.45, 2.75) is 38.1 Å². The second-order valence-corrected chi connectivity index (χ2v) is 3.86. The summed E-state index contributed by atoms with van der Waals surface area (Å²) < 4.78 is 0. The molecule has 82 valence electrons. The van der Waals surface area contributed by atoms with Gasteiger partial charge in [-0.15, -0.1) is 0 Å². The number of piperidine rings is 1. The third-order valence-corrected chi connectivity index (χ3v) is 2.77. The van der Waals surface area contributed by atoms with Gasteiger partial charge in [0.1, 0.15) is 0 Å².